The molecule has 0 bridgehead atoms. The molecule has 2 rings (SSSR count). The smallest absolute Gasteiger partial charge is 0.213 e. The van der Waals surface area contributed by atoms with E-state index in [9.17, 15) is 0 Å². The lowest BCUT2D eigenvalue weighted by atomic mass is 10.0. The highest BCUT2D eigenvalue weighted by Gasteiger charge is 2.13. The van der Waals surface area contributed by atoms with E-state index in [2.05, 4.69) is 27.5 Å². The molecule has 0 atom stereocenters. The predicted octanol–water partition coefficient (Wildman–Crippen LogP) is 1.98. The molecule has 7 nitrogen and oxygen atoms in total. The number of nitrogens with one attached hydrogen (secondary N) is 2. The number of methoxy groups -OCH3 is 1. The van der Waals surface area contributed by atoms with E-state index in [4.69, 9.17) is 14.2 Å². The zero-order valence-electron chi connectivity index (χ0n) is 16.0. The minimum atomic E-state index is 0.507. The summed E-state index contributed by atoms with van der Waals surface area (Å²) in [4.78, 5) is 8.95. The van der Waals surface area contributed by atoms with Crippen molar-refractivity contribution in [2.24, 2.45) is 10.9 Å². The Labute approximate surface area is 156 Å². The molecule has 0 saturated carbocycles. The summed E-state index contributed by atoms with van der Waals surface area (Å²) >= 11 is 0. The zero-order chi connectivity index (χ0) is 18.5. The van der Waals surface area contributed by atoms with Crippen LogP contribution in [0.2, 0.25) is 0 Å². The summed E-state index contributed by atoms with van der Waals surface area (Å²) in [6.07, 6.45) is 3.19. The van der Waals surface area contributed by atoms with Crippen LogP contribution in [-0.4, -0.2) is 57.6 Å². The van der Waals surface area contributed by atoms with Crippen molar-refractivity contribution in [3.05, 3.63) is 23.9 Å². The highest BCUT2D eigenvalue weighted by Crippen LogP contribution is 2.14. The lowest BCUT2D eigenvalue weighted by Crippen LogP contribution is -2.38. The summed E-state index contributed by atoms with van der Waals surface area (Å²) < 4.78 is 16.3. The molecule has 2 heterocycles. The van der Waals surface area contributed by atoms with Crippen LogP contribution in [0.5, 0.6) is 5.88 Å². The van der Waals surface area contributed by atoms with Gasteiger partial charge in [0.1, 0.15) is 0 Å². The van der Waals surface area contributed by atoms with Gasteiger partial charge in [0.25, 0.3) is 0 Å². The molecule has 26 heavy (non-hydrogen) atoms. The highest BCUT2D eigenvalue weighted by atomic mass is 16.5. The molecule has 0 aromatic carbocycles. The van der Waals surface area contributed by atoms with Crippen LogP contribution in [0.25, 0.3) is 0 Å². The van der Waals surface area contributed by atoms with Crippen LogP contribution in [0, 0.1) is 5.92 Å². The average molecular weight is 364 g/mol. The van der Waals surface area contributed by atoms with Crippen molar-refractivity contribution in [3.8, 4) is 5.88 Å². The number of guanidine groups is 1. The number of hydrogen-bond acceptors (Lipinski definition) is 5. The Balaban J connectivity index is 1.64. The molecule has 0 unspecified atom stereocenters. The molecule has 1 saturated heterocycles. The maximum Gasteiger partial charge on any atom is 0.213 e. The van der Waals surface area contributed by atoms with Gasteiger partial charge in [0.05, 0.1) is 19.3 Å². The summed E-state index contributed by atoms with van der Waals surface area (Å²) in [6, 6.07) is 5.70. The van der Waals surface area contributed by atoms with Gasteiger partial charge < -0.3 is 24.8 Å². The quantitative estimate of drug-likeness (QED) is 0.376. The van der Waals surface area contributed by atoms with Crippen molar-refractivity contribution in [2.45, 2.75) is 32.7 Å². The average Bonchev–Trinajstić information content (AvgIpc) is 2.69. The lowest BCUT2D eigenvalue weighted by Gasteiger charge is -2.21. The number of aliphatic imine (C=N–C) groups is 1. The fourth-order valence-electron chi connectivity index (χ4n) is 2.71. The van der Waals surface area contributed by atoms with Gasteiger partial charge in [0.2, 0.25) is 5.88 Å². The first-order valence-electron chi connectivity index (χ1n) is 9.49. The lowest BCUT2D eigenvalue weighted by molar-refractivity contribution is 0.0203. The topological polar surface area (TPSA) is 77.0 Å². The summed E-state index contributed by atoms with van der Waals surface area (Å²) in [6.45, 7) is 7.56. The van der Waals surface area contributed by atoms with Crippen molar-refractivity contribution < 1.29 is 14.2 Å². The number of rotatable bonds is 10. The van der Waals surface area contributed by atoms with Crippen LogP contribution in [0.1, 0.15) is 31.9 Å². The second kappa shape index (κ2) is 12.5. The van der Waals surface area contributed by atoms with E-state index >= 15 is 0 Å². The molecule has 2 N–H and O–H groups in total. The van der Waals surface area contributed by atoms with E-state index in [1.165, 1.54) is 0 Å². The predicted molar refractivity (Wildman–Crippen MR) is 103 cm³/mol. The van der Waals surface area contributed by atoms with E-state index in [-0.39, 0.29) is 0 Å². The summed E-state index contributed by atoms with van der Waals surface area (Å²) in [5.74, 6) is 2.06. The third-order valence-electron chi connectivity index (χ3n) is 4.19. The van der Waals surface area contributed by atoms with Crippen molar-refractivity contribution >= 4 is 5.96 Å². The summed E-state index contributed by atoms with van der Waals surface area (Å²) in [5.41, 5.74) is 0.876. The highest BCUT2D eigenvalue weighted by molar-refractivity contribution is 5.79. The number of aromatic nitrogens is 1. The minimum Gasteiger partial charge on any atom is -0.481 e. The molecular formula is C19H32N4O3. The van der Waals surface area contributed by atoms with Gasteiger partial charge in [-0.25, -0.2) is 9.98 Å². The molecule has 0 amide bonds. The largest absolute Gasteiger partial charge is 0.481 e. The Bertz CT molecular complexity index is 533. The molecular weight excluding hydrogens is 332 g/mol. The Morgan fingerprint density at radius 2 is 2.15 bits per heavy atom. The molecule has 0 radical (unpaired) electrons. The monoisotopic (exact) mass is 364 g/mol. The second-order valence-corrected chi connectivity index (χ2v) is 6.28. The van der Waals surface area contributed by atoms with E-state index < -0.39 is 0 Å². The number of nitrogens with zero attached hydrogens (tertiary/aromatic N) is 2. The normalized spacial score (nSPS) is 15.7. The Morgan fingerprint density at radius 3 is 2.92 bits per heavy atom. The maximum absolute atomic E-state index is 5.79. The molecule has 1 aliphatic heterocycles. The standard InChI is InChI=1S/C19H32N4O3/c1-3-20-19(22-14-17-6-4-7-18(23-17)24-2)21-10-5-11-26-15-16-8-12-25-13-9-16/h4,6-7,16H,3,5,8-15H2,1-2H3,(H2,20,21,22). The maximum atomic E-state index is 5.79. The molecule has 1 aromatic heterocycles. The molecule has 1 fully saturated rings. The number of hydrogen-bond donors (Lipinski definition) is 2. The summed E-state index contributed by atoms with van der Waals surface area (Å²) in [5, 5.41) is 6.59. The van der Waals surface area contributed by atoms with Crippen molar-refractivity contribution in [3.63, 3.8) is 0 Å². The van der Waals surface area contributed by atoms with Crippen LogP contribution in [0.3, 0.4) is 0 Å². The van der Waals surface area contributed by atoms with E-state index in [1.54, 1.807) is 7.11 Å². The van der Waals surface area contributed by atoms with Crippen molar-refractivity contribution in [1.29, 1.82) is 0 Å². The van der Waals surface area contributed by atoms with Gasteiger partial charge in [-0.1, -0.05) is 6.07 Å². The fraction of sp³-hybridized carbons (Fsp3) is 0.684. The van der Waals surface area contributed by atoms with Crippen LogP contribution in [0.15, 0.2) is 23.2 Å². The van der Waals surface area contributed by atoms with Gasteiger partial charge in [-0.3, -0.25) is 0 Å². The molecule has 146 valence electrons. The molecule has 0 spiro atoms. The zero-order valence-corrected chi connectivity index (χ0v) is 16.0. The molecule has 7 heteroatoms. The Kier molecular flexibility index (Phi) is 9.82. The van der Waals surface area contributed by atoms with Crippen LogP contribution in [-0.2, 0) is 16.0 Å². The van der Waals surface area contributed by atoms with E-state index in [0.29, 0.717) is 18.3 Å². The van der Waals surface area contributed by atoms with Gasteiger partial charge in [0.15, 0.2) is 5.96 Å². The van der Waals surface area contributed by atoms with Gasteiger partial charge in [-0.05, 0) is 38.2 Å². The van der Waals surface area contributed by atoms with E-state index in [1.807, 2.05) is 18.2 Å². The Hall–Kier alpha value is -1.86. The van der Waals surface area contributed by atoms with Crippen molar-refractivity contribution in [1.82, 2.24) is 15.6 Å². The minimum absolute atomic E-state index is 0.507. The Morgan fingerprint density at radius 1 is 1.31 bits per heavy atom. The SMILES string of the molecule is CCNC(=NCc1cccc(OC)n1)NCCCOCC1CCOCC1. The van der Waals surface area contributed by atoms with Gasteiger partial charge >= 0.3 is 0 Å². The number of ether oxygens (including phenoxy) is 3. The fourth-order valence-corrected chi connectivity index (χ4v) is 2.71. The van der Waals surface area contributed by atoms with Crippen LogP contribution >= 0.6 is 0 Å². The first-order valence-corrected chi connectivity index (χ1v) is 9.49. The van der Waals surface area contributed by atoms with Crippen LogP contribution in [0.4, 0.5) is 0 Å². The number of pyridine rings is 1. The third-order valence-corrected chi connectivity index (χ3v) is 4.19. The third kappa shape index (κ3) is 8.01. The molecule has 1 aromatic rings. The second-order valence-electron chi connectivity index (χ2n) is 6.28. The first-order chi connectivity index (χ1) is 12.8. The van der Waals surface area contributed by atoms with Crippen molar-refractivity contribution in [2.75, 3.05) is 46.6 Å². The van der Waals surface area contributed by atoms with Crippen LogP contribution < -0.4 is 15.4 Å². The van der Waals surface area contributed by atoms with E-state index in [0.717, 1.165) is 70.4 Å². The summed E-state index contributed by atoms with van der Waals surface area (Å²) in [7, 11) is 1.62. The van der Waals surface area contributed by atoms with Gasteiger partial charge in [-0.2, -0.15) is 0 Å². The molecule has 0 aliphatic carbocycles. The van der Waals surface area contributed by atoms with Gasteiger partial charge in [0, 0.05) is 45.6 Å². The van der Waals surface area contributed by atoms with Gasteiger partial charge in [-0.15, -0.1) is 0 Å². The first kappa shape index (κ1) is 20.5. The molecule has 1 aliphatic rings.